The zero-order chi connectivity index (χ0) is 22.5. The summed E-state index contributed by atoms with van der Waals surface area (Å²) in [6, 6.07) is 7.71. The summed E-state index contributed by atoms with van der Waals surface area (Å²) >= 11 is 0. The molecule has 1 unspecified atom stereocenters. The number of ether oxygens (including phenoxy) is 1. The number of alkyl halides is 3. The fraction of sp³-hybridized carbons (Fsp3) is 0.278. The molecule has 2 atom stereocenters. The molecule has 0 aliphatic rings. The van der Waals surface area contributed by atoms with E-state index in [1.807, 2.05) is 4.72 Å². The Hall–Kier alpha value is -2.70. The van der Waals surface area contributed by atoms with Crippen molar-refractivity contribution in [2.75, 3.05) is 6.54 Å². The molecule has 0 saturated heterocycles. The van der Waals surface area contributed by atoms with Gasteiger partial charge in [0.25, 0.3) is 0 Å². The van der Waals surface area contributed by atoms with E-state index in [2.05, 4.69) is 10.1 Å². The lowest BCUT2D eigenvalue weighted by Gasteiger charge is -2.17. The second-order valence-electron chi connectivity index (χ2n) is 6.15. The SMILES string of the molecule is C[C@H](NS(=O)(=O)c1ccccc1F)C(=O)NCC(O)c1ccc(OC(F)(F)F)cc1. The van der Waals surface area contributed by atoms with E-state index in [-0.39, 0.29) is 12.1 Å². The molecule has 12 heteroatoms. The van der Waals surface area contributed by atoms with Gasteiger partial charge in [-0.1, -0.05) is 24.3 Å². The maximum Gasteiger partial charge on any atom is 0.573 e. The molecule has 0 bridgehead atoms. The summed E-state index contributed by atoms with van der Waals surface area (Å²) in [6.45, 7) is 0.882. The topological polar surface area (TPSA) is 105 Å². The Balaban J connectivity index is 1.92. The molecule has 0 heterocycles. The number of sulfonamides is 1. The van der Waals surface area contributed by atoms with Crippen molar-refractivity contribution in [3.05, 3.63) is 59.9 Å². The summed E-state index contributed by atoms with van der Waals surface area (Å²) in [6.07, 6.45) is -6.12. The highest BCUT2D eigenvalue weighted by Gasteiger charge is 2.31. The van der Waals surface area contributed by atoms with E-state index < -0.39 is 50.9 Å². The number of carbonyl (C=O) groups is 1. The first-order chi connectivity index (χ1) is 13.9. The van der Waals surface area contributed by atoms with Gasteiger partial charge in [-0.3, -0.25) is 4.79 Å². The van der Waals surface area contributed by atoms with E-state index in [4.69, 9.17) is 0 Å². The predicted octanol–water partition coefficient (Wildman–Crippen LogP) is 2.24. The molecule has 0 radical (unpaired) electrons. The van der Waals surface area contributed by atoms with E-state index in [0.29, 0.717) is 0 Å². The molecular formula is C18H18F4N2O5S. The molecule has 30 heavy (non-hydrogen) atoms. The van der Waals surface area contributed by atoms with Gasteiger partial charge in [0.2, 0.25) is 15.9 Å². The fourth-order valence-electron chi connectivity index (χ4n) is 2.37. The van der Waals surface area contributed by atoms with Crippen LogP contribution in [-0.4, -0.2) is 38.4 Å². The predicted molar refractivity (Wildman–Crippen MR) is 97.3 cm³/mol. The summed E-state index contributed by atoms with van der Waals surface area (Å²) in [7, 11) is -4.30. The van der Waals surface area contributed by atoms with E-state index in [1.54, 1.807) is 0 Å². The second kappa shape index (κ2) is 9.41. The molecule has 0 saturated carbocycles. The maximum atomic E-state index is 13.7. The number of nitrogens with one attached hydrogen (secondary N) is 2. The average Bonchev–Trinajstić information content (AvgIpc) is 2.65. The van der Waals surface area contributed by atoms with Gasteiger partial charge >= 0.3 is 6.36 Å². The third-order valence-electron chi connectivity index (χ3n) is 3.82. The minimum atomic E-state index is -4.85. The van der Waals surface area contributed by atoms with Crippen LogP contribution in [0.2, 0.25) is 0 Å². The third-order valence-corrected chi connectivity index (χ3v) is 5.39. The van der Waals surface area contributed by atoms with E-state index in [0.717, 1.165) is 24.3 Å². The lowest BCUT2D eigenvalue weighted by Crippen LogP contribution is -2.45. The number of hydrogen-bond donors (Lipinski definition) is 3. The van der Waals surface area contributed by atoms with E-state index in [9.17, 15) is 35.9 Å². The largest absolute Gasteiger partial charge is 0.573 e. The lowest BCUT2D eigenvalue weighted by atomic mass is 10.1. The van der Waals surface area contributed by atoms with Gasteiger partial charge in [0.05, 0.1) is 12.1 Å². The zero-order valence-corrected chi connectivity index (χ0v) is 16.3. The molecule has 7 nitrogen and oxygen atoms in total. The lowest BCUT2D eigenvalue weighted by molar-refractivity contribution is -0.274. The van der Waals surface area contributed by atoms with Gasteiger partial charge in [0, 0.05) is 6.54 Å². The van der Waals surface area contributed by atoms with Crippen LogP contribution >= 0.6 is 0 Å². The molecule has 0 aliphatic heterocycles. The number of halogens is 4. The Labute approximate surface area is 169 Å². The van der Waals surface area contributed by atoms with Crippen molar-refractivity contribution < 1.29 is 40.6 Å². The fourth-order valence-corrected chi connectivity index (χ4v) is 3.65. The van der Waals surface area contributed by atoms with Crippen molar-refractivity contribution in [1.82, 2.24) is 10.0 Å². The highest BCUT2D eigenvalue weighted by atomic mass is 32.2. The van der Waals surface area contributed by atoms with Crippen molar-refractivity contribution in [3.8, 4) is 5.75 Å². The van der Waals surface area contributed by atoms with Gasteiger partial charge in [-0.05, 0) is 36.8 Å². The standard InChI is InChI=1S/C18H18F4N2O5S/c1-11(24-30(27,28)16-5-3-2-4-14(16)19)17(26)23-10-15(25)12-6-8-13(9-7-12)29-18(20,21)22/h2-9,11,15,24-25H,10H2,1H3,(H,23,26)/t11-,15?/m0/s1. The van der Waals surface area contributed by atoms with E-state index in [1.165, 1.54) is 31.2 Å². The monoisotopic (exact) mass is 450 g/mol. The molecule has 2 aromatic carbocycles. The number of benzene rings is 2. The first-order valence-corrected chi connectivity index (χ1v) is 9.96. The quantitative estimate of drug-likeness (QED) is 0.535. The Morgan fingerprint density at radius 1 is 1.13 bits per heavy atom. The minimum Gasteiger partial charge on any atom is -0.406 e. The van der Waals surface area contributed by atoms with Crippen molar-refractivity contribution in [1.29, 1.82) is 0 Å². The Morgan fingerprint density at radius 3 is 2.30 bits per heavy atom. The van der Waals surface area contributed by atoms with E-state index >= 15 is 0 Å². The van der Waals surface area contributed by atoms with Crippen LogP contribution in [0, 0.1) is 5.82 Å². The number of hydrogen-bond acceptors (Lipinski definition) is 5. The number of rotatable bonds is 8. The van der Waals surface area contributed by atoms with Crippen molar-refractivity contribution in [2.45, 2.75) is 30.3 Å². The molecule has 3 N–H and O–H groups in total. The van der Waals surface area contributed by atoms with Crippen LogP contribution in [-0.2, 0) is 14.8 Å². The molecule has 0 aromatic heterocycles. The van der Waals surface area contributed by atoms with Crippen LogP contribution in [0.25, 0.3) is 0 Å². The number of aliphatic hydroxyl groups excluding tert-OH is 1. The molecule has 0 aliphatic carbocycles. The normalized spacial score (nSPS) is 14.1. The van der Waals surface area contributed by atoms with Crippen LogP contribution in [0.5, 0.6) is 5.75 Å². The van der Waals surface area contributed by atoms with Gasteiger partial charge in [-0.15, -0.1) is 13.2 Å². The third kappa shape index (κ3) is 6.68. The number of carbonyl (C=O) groups excluding carboxylic acids is 1. The van der Waals surface area contributed by atoms with Crippen LogP contribution in [0.1, 0.15) is 18.6 Å². The first-order valence-electron chi connectivity index (χ1n) is 8.47. The van der Waals surface area contributed by atoms with Gasteiger partial charge in [-0.2, -0.15) is 4.72 Å². The summed E-state index contributed by atoms with van der Waals surface area (Å²) < 4.78 is 80.2. The minimum absolute atomic E-state index is 0.199. The van der Waals surface area contributed by atoms with Crippen molar-refractivity contribution in [3.63, 3.8) is 0 Å². The zero-order valence-electron chi connectivity index (χ0n) is 15.5. The molecular weight excluding hydrogens is 432 g/mol. The van der Waals surface area contributed by atoms with Crippen LogP contribution < -0.4 is 14.8 Å². The molecule has 2 rings (SSSR count). The average molecular weight is 450 g/mol. The summed E-state index contributed by atoms with van der Waals surface area (Å²) in [5.74, 6) is -2.25. The summed E-state index contributed by atoms with van der Waals surface area (Å²) in [5, 5.41) is 12.4. The van der Waals surface area contributed by atoms with Crippen LogP contribution in [0.3, 0.4) is 0 Å². The van der Waals surface area contributed by atoms with Gasteiger partial charge in [0.15, 0.2) is 0 Å². The summed E-state index contributed by atoms with van der Waals surface area (Å²) in [5.41, 5.74) is 0.199. The van der Waals surface area contributed by atoms with Crippen LogP contribution in [0.4, 0.5) is 17.6 Å². The van der Waals surface area contributed by atoms with Gasteiger partial charge in [0.1, 0.15) is 16.5 Å². The number of aliphatic hydroxyl groups is 1. The first kappa shape index (κ1) is 23.6. The maximum absolute atomic E-state index is 13.7. The van der Waals surface area contributed by atoms with Gasteiger partial charge in [-0.25, -0.2) is 12.8 Å². The smallest absolute Gasteiger partial charge is 0.406 e. The molecule has 1 amide bonds. The Kier molecular flexibility index (Phi) is 7.39. The highest BCUT2D eigenvalue weighted by molar-refractivity contribution is 7.89. The highest BCUT2D eigenvalue weighted by Crippen LogP contribution is 2.24. The van der Waals surface area contributed by atoms with Crippen molar-refractivity contribution in [2.24, 2.45) is 0 Å². The Morgan fingerprint density at radius 2 is 1.73 bits per heavy atom. The molecule has 0 fully saturated rings. The van der Waals surface area contributed by atoms with Crippen LogP contribution in [0.15, 0.2) is 53.4 Å². The van der Waals surface area contributed by atoms with Crippen molar-refractivity contribution >= 4 is 15.9 Å². The summed E-state index contributed by atoms with van der Waals surface area (Å²) in [4.78, 5) is 11.5. The molecule has 0 spiro atoms. The van der Waals surface area contributed by atoms with Gasteiger partial charge < -0.3 is 15.2 Å². The number of amides is 1. The molecule has 164 valence electrons. The molecule has 2 aromatic rings. The Bertz CT molecular complexity index is 981. The second-order valence-corrected chi connectivity index (χ2v) is 7.83.